The zero-order valence-corrected chi connectivity index (χ0v) is 11.8. The van der Waals surface area contributed by atoms with E-state index in [2.05, 4.69) is 5.32 Å². The Morgan fingerprint density at radius 1 is 1.40 bits per heavy atom. The van der Waals surface area contributed by atoms with Gasteiger partial charge < -0.3 is 15.0 Å². The molecule has 1 heterocycles. The molecule has 1 saturated heterocycles. The summed E-state index contributed by atoms with van der Waals surface area (Å²) in [7, 11) is 3.28. The molecule has 1 aromatic rings. The fraction of sp³-hybridized carbons (Fsp3) is 0.467. The molecule has 5 heteroatoms. The van der Waals surface area contributed by atoms with Crippen molar-refractivity contribution < 1.29 is 14.3 Å². The predicted molar refractivity (Wildman–Crippen MR) is 75.0 cm³/mol. The molecular formula is C15H20N2O3. The van der Waals surface area contributed by atoms with Gasteiger partial charge in [0.05, 0.1) is 0 Å². The van der Waals surface area contributed by atoms with E-state index in [1.165, 1.54) is 7.11 Å². The summed E-state index contributed by atoms with van der Waals surface area (Å²) in [6, 6.07) is 9.37. The molecule has 0 unspecified atom stereocenters. The third-order valence-electron chi connectivity index (χ3n) is 3.55. The molecular weight excluding hydrogens is 256 g/mol. The van der Waals surface area contributed by atoms with Gasteiger partial charge in [0.1, 0.15) is 0 Å². The van der Waals surface area contributed by atoms with Crippen LogP contribution in [0.2, 0.25) is 0 Å². The Hall–Kier alpha value is -1.88. The van der Waals surface area contributed by atoms with E-state index in [1.54, 1.807) is 11.9 Å². The number of carbonyl (C=O) groups is 2. The molecule has 0 aliphatic carbocycles. The maximum Gasteiger partial charge on any atom is 0.254 e. The second-order valence-electron chi connectivity index (χ2n) is 5.04. The van der Waals surface area contributed by atoms with Crippen LogP contribution >= 0.6 is 0 Å². The Morgan fingerprint density at radius 2 is 2.10 bits per heavy atom. The van der Waals surface area contributed by atoms with Crippen LogP contribution in [0.3, 0.4) is 0 Å². The standard InChI is InChI=1S/C15H20N2O3/c1-17-10-12(8-9-13(17)18)16-15(19)14(20-2)11-6-4-3-5-7-11/h3-7,12,14H,8-10H2,1-2H3,(H,16,19)/t12-,14-/m1/s1. The van der Waals surface area contributed by atoms with Crippen molar-refractivity contribution in [1.82, 2.24) is 10.2 Å². The van der Waals surface area contributed by atoms with Gasteiger partial charge in [-0.25, -0.2) is 0 Å². The highest BCUT2D eigenvalue weighted by Gasteiger charge is 2.27. The quantitative estimate of drug-likeness (QED) is 0.896. The van der Waals surface area contributed by atoms with Crippen LogP contribution in [0.5, 0.6) is 0 Å². The molecule has 1 aliphatic heterocycles. The molecule has 1 aliphatic rings. The Labute approximate surface area is 118 Å². The number of rotatable bonds is 4. The summed E-state index contributed by atoms with van der Waals surface area (Å²) in [5.41, 5.74) is 0.827. The molecule has 0 aromatic heterocycles. The van der Waals surface area contributed by atoms with Crippen molar-refractivity contribution in [3.05, 3.63) is 35.9 Å². The summed E-state index contributed by atoms with van der Waals surface area (Å²) >= 11 is 0. The van der Waals surface area contributed by atoms with Gasteiger partial charge in [-0.05, 0) is 12.0 Å². The van der Waals surface area contributed by atoms with Gasteiger partial charge in [0.15, 0.2) is 6.10 Å². The Morgan fingerprint density at radius 3 is 2.70 bits per heavy atom. The topological polar surface area (TPSA) is 58.6 Å². The van der Waals surface area contributed by atoms with Crippen molar-refractivity contribution >= 4 is 11.8 Å². The lowest BCUT2D eigenvalue weighted by atomic mass is 10.0. The van der Waals surface area contributed by atoms with Crippen LogP contribution in [0, 0.1) is 0 Å². The lowest BCUT2D eigenvalue weighted by Crippen LogP contribution is -2.49. The summed E-state index contributed by atoms with van der Waals surface area (Å²) in [5.74, 6) is -0.0340. The molecule has 0 bridgehead atoms. The van der Waals surface area contributed by atoms with Crippen LogP contribution < -0.4 is 5.32 Å². The highest BCUT2D eigenvalue weighted by molar-refractivity contribution is 5.83. The Balaban J connectivity index is 1.98. The first kappa shape index (κ1) is 14.5. The first-order valence-corrected chi connectivity index (χ1v) is 6.74. The summed E-state index contributed by atoms with van der Waals surface area (Å²) in [5, 5.41) is 2.96. The van der Waals surface area contributed by atoms with Crippen molar-refractivity contribution in [3.8, 4) is 0 Å². The van der Waals surface area contributed by atoms with Crippen LogP contribution in [0.4, 0.5) is 0 Å². The summed E-state index contributed by atoms with van der Waals surface area (Å²) < 4.78 is 5.30. The Bertz CT molecular complexity index is 475. The third kappa shape index (κ3) is 3.36. The lowest BCUT2D eigenvalue weighted by Gasteiger charge is -2.31. The normalized spacial score (nSPS) is 20.6. The van der Waals surface area contributed by atoms with Gasteiger partial charge in [-0.2, -0.15) is 0 Å². The van der Waals surface area contributed by atoms with Crippen LogP contribution in [0.1, 0.15) is 24.5 Å². The molecule has 2 rings (SSSR count). The highest BCUT2D eigenvalue weighted by atomic mass is 16.5. The SMILES string of the molecule is CO[C@@H](C(=O)N[C@@H]1CCC(=O)N(C)C1)c1ccccc1. The fourth-order valence-corrected chi connectivity index (χ4v) is 2.43. The zero-order chi connectivity index (χ0) is 14.5. The lowest BCUT2D eigenvalue weighted by molar-refractivity contribution is -0.136. The molecule has 0 spiro atoms. The summed E-state index contributed by atoms with van der Waals surface area (Å²) in [6.45, 7) is 0.551. The molecule has 0 radical (unpaired) electrons. The van der Waals surface area contributed by atoms with Crippen LogP contribution in [-0.4, -0.2) is 43.5 Å². The average Bonchev–Trinajstić information content (AvgIpc) is 2.45. The number of piperidine rings is 1. The van der Waals surface area contributed by atoms with Crippen LogP contribution in [-0.2, 0) is 14.3 Å². The number of likely N-dealkylation sites (tertiary alicyclic amines) is 1. The molecule has 2 amide bonds. The minimum absolute atomic E-state index is 0.00781. The van der Waals surface area contributed by atoms with E-state index in [9.17, 15) is 9.59 Å². The number of amides is 2. The molecule has 5 nitrogen and oxygen atoms in total. The highest BCUT2D eigenvalue weighted by Crippen LogP contribution is 2.18. The molecule has 20 heavy (non-hydrogen) atoms. The first-order chi connectivity index (χ1) is 9.61. The number of carbonyl (C=O) groups excluding carboxylic acids is 2. The van der Waals surface area contributed by atoms with Gasteiger partial charge >= 0.3 is 0 Å². The number of methoxy groups -OCH3 is 1. The summed E-state index contributed by atoms with van der Waals surface area (Å²) in [6.07, 6.45) is 0.545. The van der Waals surface area contributed by atoms with Gasteiger partial charge in [-0.15, -0.1) is 0 Å². The maximum absolute atomic E-state index is 12.3. The van der Waals surface area contributed by atoms with Gasteiger partial charge in [0.2, 0.25) is 5.91 Å². The van der Waals surface area contributed by atoms with Crippen molar-refractivity contribution in [2.75, 3.05) is 20.7 Å². The zero-order valence-electron chi connectivity index (χ0n) is 11.8. The van der Waals surface area contributed by atoms with Gasteiger partial charge in [-0.1, -0.05) is 30.3 Å². The second kappa shape index (κ2) is 6.52. The largest absolute Gasteiger partial charge is 0.367 e. The molecule has 108 valence electrons. The maximum atomic E-state index is 12.3. The monoisotopic (exact) mass is 276 g/mol. The molecule has 1 N–H and O–H groups in total. The minimum Gasteiger partial charge on any atom is -0.367 e. The third-order valence-corrected chi connectivity index (χ3v) is 3.55. The van der Waals surface area contributed by atoms with E-state index in [-0.39, 0.29) is 17.9 Å². The minimum atomic E-state index is -0.612. The van der Waals surface area contributed by atoms with E-state index in [4.69, 9.17) is 4.74 Å². The van der Waals surface area contributed by atoms with E-state index in [0.717, 1.165) is 5.56 Å². The fourth-order valence-electron chi connectivity index (χ4n) is 2.43. The predicted octanol–water partition coefficient (Wildman–Crippen LogP) is 1.11. The first-order valence-electron chi connectivity index (χ1n) is 6.74. The number of nitrogens with zero attached hydrogens (tertiary/aromatic N) is 1. The van der Waals surface area contributed by atoms with E-state index < -0.39 is 6.10 Å². The van der Waals surface area contributed by atoms with Gasteiger partial charge in [-0.3, -0.25) is 9.59 Å². The molecule has 2 atom stereocenters. The van der Waals surface area contributed by atoms with Crippen molar-refractivity contribution in [2.45, 2.75) is 25.0 Å². The second-order valence-corrected chi connectivity index (χ2v) is 5.04. The number of hydrogen-bond donors (Lipinski definition) is 1. The van der Waals surface area contributed by atoms with Crippen molar-refractivity contribution in [1.29, 1.82) is 0 Å². The van der Waals surface area contributed by atoms with Crippen LogP contribution in [0.25, 0.3) is 0 Å². The van der Waals surface area contributed by atoms with Gasteiger partial charge in [0.25, 0.3) is 5.91 Å². The van der Waals surface area contributed by atoms with Crippen molar-refractivity contribution in [2.24, 2.45) is 0 Å². The number of nitrogens with one attached hydrogen (secondary N) is 1. The van der Waals surface area contributed by atoms with Crippen LogP contribution in [0.15, 0.2) is 30.3 Å². The van der Waals surface area contributed by atoms with E-state index in [0.29, 0.717) is 19.4 Å². The molecule has 1 fully saturated rings. The molecule has 0 saturated carbocycles. The summed E-state index contributed by atoms with van der Waals surface area (Å²) in [4.78, 5) is 25.4. The van der Waals surface area contributed by atoms with E-state index >= 15 is 0 Å². The average molecular weight is 276 g/mol. The number of likely N-dealkylation sites (N-methyl/N-ethyl adjacent to an activating group) is 1. The molecule has 1 aromatic carbocycles. The smallest absolute Gasteiger partial charge is 0.254 e. The number of hydrogen-bond acceptors (Lipinski definition) is 3. The van der Waals surface area contributed by atoms with Crippen molar-refractivity contribution in [3.63, 3.8) is 0 Å². The Kier molecular flexibility index (Phi) is 4.74. The van der Waals surface area contributed by atoms with E-state index in [1.807, 2.05) is 30.3 Å². The number of ether oxygens (including phenoxy) is 1. The number of benzene rings is 1. The van der Waals surface area contributed by atoms with Gasteiger partial charge in [0, 0.05) is 33.2 Å².